The number of carbonyl (C=O) groups excluding carboxylic acids is 2. The van der Waals surface area contributed by atoms with Crippen LogP contribution < -0.4 is 4.90 Å². The summed E-state index contributed by atoms with van der Waals surface area (Å²) in [5, 5.41) is 22.5. The molecule has 1 atom stereocenters. The van der Waals surface area contributed by atoms with Crippen LogP contribution in [0.15, 0.2) is 65.6 Å². The number of aliphatic hydroxyl groups excluding tert-OH is 1. The summed E-state index contributed by atoms with van der Waals surface area (Å²) in [6.07, 6.45) is 0.835. The Bertz CT molecular complexity index is 1470. The van der Waals surface area contributed by atoms with Gasteiger partial charge in [-0.15, -0.1) is 11.3 Å². The van der Waals surface area contributed by atoms with E-state index in [9.17, 15) is 24.6 Å². The number of Topliss-reactive ketones (excluding diaryl/α,β-unsaturated/α-hetero) is 1. The number of thiazole rings is 1. The molecule has 0 saturated carbocycles. The number of aromatic carboxylic acids is 1. The number of rotatable bonds is 5. The smallest absolute Gasteiger partial charge is 0.335 e. The number of aryl methyl sites for hydroxylation is 1. The summed E-state index contributed by atoms with van der Waals surface area (Å²) in [6.45, 7) is 2.02. The minimum absolute atomic E-state index is 0.00202. The Morgan fingerprint density at radius 2 is 1.79 bits per heavy atom. The average molecular weight is 491 g/mol. The third-order valence-electron chi connectivity index (χ3n) is 5.72. The van der Waals surface area contributed by atoms with Gasteiger partial charge < -0.3 is 10.2 Å². The van der Waals surface area contributed by atoms with E-state index in [0.29, 0.717) is 20.7 Å². The number of carboxylic acids is 1. The van der Waals surface area contributed by atoms with E-state index < -0.39 is 23.7 Å². The Balaban J connectivity index is 1.67. The lowest BCUT2D eigenvalue weighted by molar-refractivity contribution is -0.132. The molecule has 1 aliphatic rings. The second kappa shape index (κ2) is 8.51. The van der Waals surface area contributed by atoms with Gasteiger partial charge in [0.25, 0.3) is 5.78 Å². The van der Waals surface area contributed by atoms with Crippen LogP contribution in [0.4, 0.5) is 5.13 Å². The van der Waals surface area contributed by atoms with Crippen molar-refractivity contribution in [1.29, 1.82) is 0 Å². The summed E-state index contributed by atoms with van der Waals surface area (Å²) in [7, 11) is 0. The molecule has 3 heterocycles. The topological polar surface area (TPSA) is 108 Å². The molecular formula is C25H18N2O5S2. The first-order chi connectivity index (χ1) is 16.4. The average Bonchev–Trinajstić information content (AvgIpc) is 3.57. The largest absolute Gasteiger partial charge is 0.507 e. The molecule has 1 amide bonds. The molecule has 2 N–H and O–H groups in total. The maximum absolute atomic E-state index is 13.2. The van der Waals surface area contributed by atoms with E-state index in [0.717, 1.165) is 23.3 Å². The van der Waals surface area contributed by atoms with E-state index in [4.69, 9.17) is 0 Å². The summed E-state index contributed by atoms with van der Waals surface area (Å²) in [5.74, 6) is -2.88. The molecule has 1 aliphatic heterocycles. The molecule has 0 spiro atoms. The molecule has 4 aromatic rings. The summed E-state index contributed by atoms with van der Waals surface area (Å²) in [4.78, 5) is 44.3. The minimum Gasteiger partial charge on any atom is -0.507 e. The highest BCUT2D eigenvalue weighted by Gasteiger charge is 2.48. The molecule has 0 radical (unpaired) electrons. The summed E-state index contributed by atoms with van der Waals surface area (Å²) in [5.41, 5.74) is 2.17. The van der Waals surface area contributed by atoms with Crippen LogP contribution in [0.25, 0.3) is 16.0 Å². The Morgan fingerprint density at radius 1 is 1.06 bits per heavy atom. The molecule has 1 unspecified atom stereocenters. The summed E-state index contributed by atoms with van der Waals surface area (Å²) < 4.78 is 0.580. The van der Waals surface area contributed by atoms with Gasteiger partial charge in [-0.05, 0) is 41.6 Å². The number of thiophene rings is 1. The van der Waals surface area contributed by atoms with Crippen LogP contribution in [-0.2, 0) is 16.0 Å². The third-order valence-corrected chi connectivity index (χ3v) is 7.67. The number of hydrogen-bond acceptors (Lipinski definition) is 7. The van der Waals surface area contributed by atoms with Gasteiger partial charge in [0.2, 0.25) is 0 Å². The van der Waals surface area contributed by atoms with Crippen LogP contribution >= 0.6 is 22.7 Å². The highest BCUT2D eigenvalue weighted by Crippen LogP contribution is 2.45. The first-order valence-electron chi connectivity index (χ1n) is 10.5. The molecule has 9 heteroatoms. The second-order valence-corrected chi connectivity index (χ2v) is 9.71. The fourth-order valence-corrected chi connectivity index (χ4v) is 5.80. The first kappa shape index (κ1) is 22.0. The van der Waals surface area contributed by atoms with Crippen molar-refractivity contribution in [2.75, 3.05) is 4.90 Å². The lowest BCUT2D eigenvalue weighted by Crippen LogP contribution is -2.28. The van der Waals surface area contributed by atoms with Crippen molar-refractivity contribution in [3.63, 3.8) is 0 Å². The number of carboxylic acid groups (broad SMARTS) is 1. The van der Waals surface area contributed by atoms with Crippen molar-refractivity contribution in [1.82, 2.24) is 4.98 Å². The van der Waals surface area contributed by atoms with Crippen molar-refractivity contribution < 1.29 is 24.6 Å². The number of aromatic nitrogens is 1. The Labute approximate surface area is 202 Å². The maximum atomic E-state index is 13.2. The molecule has 0 bridgehead atoms. The quantitative estimate of drug-likeness (QED) is 0.225. The SMILES string of the molecule is CCc1ccc(/C(O)=C2\C(=O)C(=O)N(c3nc4ccc(C(=O)O)cc4s3)C2c2cccs2)cc1. The number of benzene rings is 2. The van der Waals surface area contributed by atoms with Gasteiger partial charge in [0, 0.05) is 10.4 Å². The van der Waals surface area contributed by atoms with Gasteiger partial charge in [0.1, 0.15) is 11.8 Å². The van der Waals surface area contributed by atoms with Crippen LogP contribution in [0.5, 0.6) is 0 Å². The molecule has 7 nitrogen and oxygen atoms in total. The highest BCUT2D eigenvalue weighted by atomic mass is 32.1. The Kier molecular flexibility index (Phi) is 5.51. The van der Waals surface area contributed by atoms with E-state index in [1.165, 1.54) is 28.4 Å². The molecule has 170 valence electrons. The zero-order chi connectivity index (χ0) is 24.0. The molecular weight excluding hydrogens is 472 g/mol. The number of hydrogen-bond donors (Lipinski definition) is 2. The molecule has 0 aliphatic carbocycles. The minimum atomic E-state index is -1.06. The van der Waals surface area contributed by atoms with Crippen molar-refractivity contribution >= 4 is 61.4 Å². The van der Waals surface area contributed by atoms with Gasteiger partial charge in [-0.3, -0.25) is 14.5 Å². The second-order valence-electron chi connectivity index (χ2n) is 7.72. The third kappa shape index (κ3) is 3.59. The van der Waals surface area contributed by atoms with Crippen molar-refractivity contribution in [3.8, 4) is 0 Å². The summed E-state index contributed by atoms with van der Waals surface area (Å²) >= 11 is 2.49. The van der Waals surface area contributed by atoms with Crippen LogP contribution in [0.2, 0.25) is 0 Å². The van der Waals surface area contributed by atoms with Crippen LogP contribution in [0, 0.1) is 0 Å². The standard InChI is InChI=1S/C25H18N2O5S2/c1-2-13-5-7-14(8-6-13)21(28)19-20(17-4-3-11-33-17)27(23(30)22(19)29)25-26-16-10-9-15(24(31)32)12-18(16)34-25/h3-12,20,28H,2H2,1H3,(H,31,32)/b21-19+. The lowest BCUT2D eigenvalue weighted by Gasteiger charge is -2.21. The Hall–Kier alpha value is -3.82. The van der Waals surface area contributed by atoms with E-state index in [1.807, 2.05) is 30.5 Å². The van der Waals surface area contributed by atoms with Crippen molar-refractivity contribution in [2.45, 2.75) is 19.4 Å². The van der Waals surface area contributed by atoms with Gasteiger partial charge in [0.15, 0.2) is 5.13 Å². The van der Waals surface area contributed by atoms with Gasteiger partial charge in [0.05, 0.1) is 21.4 Å². The normalized spacial score (nSPS) is 17.6. The van der Waals surface area contributed by atoms with Crippen LogP contribution in [-0.4, -0.2) is 32.9 Å². The predicted molar refractivity (Wildman–Crippen MR) is 132 cm³/mol. The molecule has 5 rings (SSSR count). The zero-order valence-corrected chi connectivity index (χ0v) is 19.5. The number of ketones is 1. The monoisotopic (exact) mass is 490 g/mol. The number of carbonyl (C=O) groups is 3. The molecule has 2 aromatic carbocycles. The molecule has 34 heavy (non-hydrogen) atoms. The van der Waals surface area contributed by atoms with Crippen molar-refractivity contribution in [2.24, 2.45) is 0 Å². The summed E-state index contributed by atoms with van der Waals surface area (Å²) in [6, 6.07) is 14.5. The van der Waals surface area contributed by atoms with Gasteiger partial charge >= 0.3 is 11.9 Å². The number of aliphatic hydroxyl groups is 1. The van der Waals surface area contributed by atoms with E-state index >= 15 is 0 Å². The molecule has 2 aromatic heterocycles. The van der Waals surface area contributed by atoms with Crippen LogP contribution in [0.1, 0.15) is 39.3 Å². The Morgan fingerprint density at radius 3 is 2.44 bits per heavy atom. The first-order valence-corrected chi connectivity index (χ1v) is 12.2. The highest BCUT2D eigenvalue weighted by molar-refractivity contribution is 7.22. The van der Waals surface area contributed by atoms with Gasteiger partial charge in [-0.25, -0.2) is 9.78 Å². The van der Waals surface area contributed by atoms with Gasteiger partial charge in [-0.2, -0.15) is 0 Å². The molecule has 1 fully saturated rings. The van der Waals surface area contributed by atoms with E-state index in [1.54, 1.807) is 24.3 Å². The number of amides is 1. The van der Waals surface area contributed by atoms with Gasteiger partial charge in [-0.1, -0.05) is 48.6 Å². The number of anilines is 1. The maximum Gasteiger partial charge on any atom is 0.335 e. The number of fused-ring (bicyclic) bond motifs is 1. The number of nitrogens with zero attached hydrogens (tertiary/aromatic N) is 2. The van der Waals surface area contributed by atoms with E-state index in [2.05, 4.69) is 4.98 Å². The zero-order valence-electron chi connectivity index (χ0n) is 17.9. The molecule has 1 saturated heterocycles. The van der Waals surface area contributed by atoms with Crippen molar-refractivity contribution in [3.05, 3.63) is 87.1 Å². The fraction of sp³-hybridized carbons (Fsp3) is 0.120. The fourth-order valence-electron chi connectivity index (χ4n) is 3.95. The van der Waals surface area contributed by atoms with Crippen LogP contribution in [0.3, 0.4) is 0 Å². The lowest BCUT2D eigenvalue weighted by atomic mass is 9.99. The predicted octanol–water partition coefficient (Wildman–Crippen LogP) is 5.24. The van der Waals surface area contributed by atoms with E-state index in [-0.39, 0.29) is 22.0 Å².